The van der Waals surface area contributed by atoms with E-state index in [0.29, 0.717) is 17.5 Å². The van der Waals surface area contributed by atoms with Crippen LogP contribution < -0.4 is 15.8 Å². The first-order valence-corrected chi connectivity index (χ1v) is 8.01. The number of carbonyl (C=O) groups is 1. The van der Waals surface area contributed by atoms with Crippen molar-refractivity contribution in [3.05, 3.63) is 53.2 Å². The van der Waals surface area contributed by atoms with Crippen molar-refractivity contribution in [2.24, 2.45) is 5.73 Å². The van der Waals surface area contributed by atoms with E-state index >= 15 is 0 Å². The maximum Gasteiger partial charge on any atom is 0.250 e. The summed E-state index contributed by atoms with van der Waals surface area (Å²) in [4.78, 5) is 15.2. The standard InChI is InChI=1S/C18H19N3O2/c19-18(22)12-2-8-17(20-10-12)23-14-5-6-15-11(9-14)1-7-16(15)21-13-3-4-13/h2,5-6,8-10,13,16,21H,1,3-4,7H2,(H2,19,22). The van der Waals surface area contributed by atoms with Crippen LogP contribution in [0.25, 0.3) is 0 Å². The van der Waals surface area contributed by atoms with E-state index in [4.69, 9.17) is 10.5 Å². The number of rotatable bonds is 5. The summed E-state index contributed by atoms with van der Waals surface area (Å²) in [5.41, 5.74) is 8.31. The summed E-state index contributed by atoms with van der Waals surface area (Å²) in [6.07, 6.45) is 6.27. The molecular weight excluding hydrogens is 290 g/mol. The molecule has 23 heavy (non-hydrogen) atoms. The Bertz CT molecular complexity index is 738. The highest BCUT2D eigenvalue weighted by Gasteiger charge is 2.29. The van der Waals surface area contributed by atoms with Crippen molar-refractivity contribution in [3.8, 4) is 11.6 Å². The van der Waals surface area contributed by atoms with Crippen LogP contribution in [0.4, 0.5) is 0 Å². The zero-order chi connectivity index (χ0) is 15.8. The van der Waals surface area contributed by atoms with Gasteiger partial charge in [0, 0.05) is 24.3 Å². The number of nitrogens with zero attached hydrogens (tertiary/aromatic N) is 1. The van der Waals surface area contributed by atoms with Gasteiger partial charge in [-0.1, -0.05) is 6.07 Å². The number of nitrogens with one attached hydrogen (secondary N) is 1. The van der Waals surface area contributed by atoms with Gasteiger partial charge in [-0.05, 0) is 55.0 Å². The first kappa shape index (κ1) is 14.2. The number of ether oxygens (including phenoxy) is 1. The fourth-order valence-electron chi connectivity index (χ4n) is 3.07. The molecule has 0 saturated heterocycles. The average Bonchev–Trinajstić information content (AvgIpc) is 3.28. The number of aryl methyl sites for hydroxylation is 1. The van der Waals surface area contributed by atoms with Gasteiger partial charge in [0.25, 0.3) is 0 Å². The third-order valence-corrected chi connectivity index (χ3v) is 4.45. The summed E-state index contributed by atoms with van der Waals surface area (Å²) >= 11 is 0. The van der Waals surface area contributed by atoms with Gasteiger partial charge in [-0.25, -0.2) is 4.98 Å². The van der Waals surface area contributed by atoms with Gasteiger partial charge in [-0.3, -0.25) is 4.79 Å². The molecular formula is C18H19N3O2. The van der Waals surface area contributed by atoms with E-state index in [2.05, 4.69) is 22.4 Å². The summed E-state index contributed by atoms with van der Waals surface area (Å²) in [6, 6.07) is 10.7. The van der Waals surface area contributed by atoms with Crippen molar-refractivity contribution in [3.63, 3.8) is 0 Å². The first-order chi connectivity index (χ1) is 11.2. The predicted molar refractivity (Wildman–Crippen MR) is 86.5 cm³/mol. The molecule has 1 heterocycles. The zero-order valence-electron chi connectivity index (χ0n) is 12.8. The summed E-state index contributed by atoms with van der Waals surface area (Å²) in [5.74, 6) is 0.742. The molecule has 5 heteroatoms. The van der Waals surface area contributed by atoms with Crippen molar-refractivity contribution in [1.29, 1.82) is 0 Å². The molecule has 0 radical (unpaired) electrons. The minimum atomic E-state index is -0.490. The molecule has 1 saturated carbocycles. The molecule has 2 aromatic rings. The van der Waals surface area contributed by atoms with Gasteiger partial charge >= 0.3 is 0 Å². The highest BCUT2D eigenvalue weighted by Crippen LogP contribution is 2.36. The molecule has 3 N–H and O–H groups in total. The molecule has 1 fully saturated rings. The SMILES string of the molecule is NC(=O)c1ccc(Oc2ccc3c(c2)CCC3NC2CC2)nc1. The van der Waals surface area contributed by atoms with E-state index in [1.54, 1.807) is 12.1 Å². The van der Waals surface area contributed by atoms with Crippen LogP contribution >= 0.6 is 0 Å². The fraction of sp³-hybridized carbons (Fsp3) is 0.333. The molecule has 0 bridgehead atoms. The lowest BCUT2D eigenvalue weighted by atomic mass is 10.1. The van der Waals surface area contributed by atoms with Gasteiger partial charge in [0.1, 0.15) is 5.75 Å². The molecule has 118 valence electrons. The number of primary amides is 1. The Morgan fingerprint density at radius 1 is 1.22 bits per heavy atom. The van der Waals surface area contributed by atoms with Crippen LogP contribution in [0.15, 0.2) is 36.5 Å². The topological polar surface area (TPSA) is 77.2 Å². The molecule has 5 nitrogen and oxygen atoms in total. The van der Waals surface area contributed by atoms with E-state index < -0.39 is 5.91 Å². The van der Waals surface area contributed by atoms with Crippen molar-refractivity contribution in [1.82, 2.24) is 10.3 Å². The van der Waals surface area contributed by atoms with Crippen molar-refractivity contribution >= 4 is 5.91 Å². The first-order valence-electron chi connectivity index (χ1n) is 8.01. The Kier molecular flexibility index (Phi) is 3.50. The van der Waals surface area contributed by atoms with E-state index in [0.717, 1.165) is 24.6 Å². The number of fused-ring (bicyclic) bond motifs is 1. The van der Waals surface area contributed by atoms with E-state index in [1.807, 2.05) is 6.07 Å². The number of hydrogen-bond acceptors (Lipinski definition) is 4. The minimum Gasteiger partial charge on any atom is -0.439 e. The Morgan fingerprint density at radius 2 is 2.09 bits per heavy atom. The number of nitrogens with two attached hydrogens (primary N) is 1. The Hall–Kier alpha value is -2.40. The van der Waals surface area contributed by atoms with Gasteiger partial charge in [0.05, 0.1) is 5.56 Å². The Balaban J connectivity index is 1.48. The minimum absolute atomic E-state index is 0.375. The van der Waals surface area contributed by atoms with E-state index in [-0.39, 0.29) is 0 Å². The molecule has 0 spiro atoms. The molecule has 1 aromatic heterocycles. The summed E-state index contributed by atoms with van der Waals surface area (Å²) in [5, 5.41) is 3.70. The zero-order valence-corrected chi connectivity index (χ0v) is 12.8. The highest BCUT2D eigenvalue weighted by molar-refractivity contribution is 5.92. The molecule has 0 aliphatic heterocycles. The van der Waals surface area contributed by atoms with Gasteiger partial charge in [0.15, 0.2) is 0 Å². The second-order valence-electron chi connectivity index (χ2n) is 6.24. The maximum atomic E-state index is 11.0. The summed E-state index contributed by atoms with van der Waals surface area (Å²) in [7, 11) is 0. The van der Waals surface area contributed by atoms with Crippen LogP contribution in [0.1, 0.15) is 46.8 Å². The lowest BCUT2D eigenvalue weighted by Gasteiger charge is -2.13. The second kappa shape index (κ2) is 5.66. The maximum absolute atomic E-state index is 11.0. The quantitative estimate of drug-likeness (QED) is 0.890. The normalized spacial score (nSPS) is 19.4. The van der Waals surface area contributed by atoms with E-state index in [1.165, 1.54) is 30.2 Å². The van der Waals surface area contributed by atoms with Crippen LogP contribution in [0.5, 0.6) is 11.6 Å². The molecule has 1 aromatic carbocycles. The molecule has 1 atom stereocenters. The Morgan fingerprint density at radius 3 is 2.78 bits per heavy atom. The molecule has 1 unspecified atom stereocenters. The van der Waals surface area contributed by atoms with Crippen molar-refractivity contribution < 1.29 is 9.53 Å². The van der Waals surface area contributed by atoms with Gasteiger partial charge < -0.3 is 15.8 Å². The molecule has 2 aliphatic carbocycles. The number of pyridine rings is 1. The van der Waals surface area contributed by atoms with Crippen molar-refractivity contribution in [2.75, 3.05) is 0 Å². The molecule has 4 rings (SSSR count). The number of aromatic nitrogens is 1. The monoisotopic (exact) mass is 309 g/mol. The van der Waals surface area contributed by atoms with Gasteiger partial charge in [-0.2, -0.15) is 0 Å². The smallest absolute Gasteiger partial charge is 0.250 e. The van der Waals surface area contributed by atoms with Crippen LogP contribution in [0.3, 0.4) is 0 Å². The lowest BCUT2D eigenvalue weighted by molar-refractivity contribution is 0.1000. The summed E-state index contributed by atoms with van der Waals surface area (Å²) in [6.45, 7) is 0. The van der Waals surface area contributed by atoms with Crippen LogP contribution in [0.2, 0.25) is 0 Å². The number of hydrogen-bond donors (Lipinski definition) is 2. The lowest BCUT2D eigenvalue weighted by Crippen LogP contribution is -2.21. The molecule has 2 aliphatic rings. The van der Waals surface area contributed by atoms with Crippen LogP contribution in [-0.2, 0) is 6.42 Å². The van der Waals surface area contributed by atoms with Crippen LogP contribution in [-0.4, -0.2) is 16.9 Å². The fourth-order valence-corrected chi connectivity index (χ4v) is 3.07. The Labute approximate surface area is 134 Å². The van der Waals surface area contributed by atoms with E-state index in [9.17, 15) is 4.79 Å². The largest absolute Gasteiger partial charge is 0.439 e. The third kappa shape index (κ3) is 3.05. The third-order valence-electron chi connectivity index (χ3n) is 4.45. The average molecular weight is 309 g/mol. The number of amides is 1. The molecule has 1 amide bonds. The van der Waals surface area contributed by atoms with Crippen molar-refractivity contribution in [2.45, 2.75) is 37.8 Å². The summed E-state index contributed by atoms with van der Waals surface area (Å²) < 4.78 is 5.78. The predicted octanol–water partition coefficient (Wildman–Crippen LogP) is 2.71. The highest BCUT2D eigenvalue weighted by atomic mass is 16.5. The van der Waals surface area contributed by atoms with Gasteiger partial charge in [-0.15, -0.1) is 0 Å². The van der Waals surface area contributed by atoms with Crippen LogP contribution in [0, 0.1) is 0 Å². The van der Waals surface area contributed by atoms with Gasteiger partial charge in [0.2, 0.25) is 11.8 Å². The number of carbonyl (C=O) groups excluding carboxylic acids is 1. The second-order valence-corrected chi connectivity index (χ2v) is 6.24. The number of benzene rings is 1.